The summed E-state index contributed by atoms with van der Waals surface area (Å²) in [4.78, 5) is 14.8. The fourth-order valence-corrected chi connectivity index (χ4v) is 3.18. The molecule has 0 atom stereocenters. The van der Waals surface area contributed by atoms with Gasteiger partial charge in [0.25, 0.3) is 5.91 Å². The Balaban J connectivity index is 2.29. The number of aryl methyl sites for hydroxylation is 1. The molecule has 2 rings (SSSR count). The standard InChI is InChI=1S/C17H25NO3/c1-13-7-6-10-15(21-2)16(13)17(20)18(11-12-19)14-8-4-3-5-9-14/h6-7,10,14,19H,3-5,8-9,11-12H2,1-2H3. The van der Waals surface area contributed by atoms with Crippen molar-refractivity contribution in [3.8, 4) is 5.75 Å². The lowest BCUT2D eigenvalue weighted by Gasteiger charge is -2.34. The average Bonchev–Trinajstić information content (AvgIpc) is 2.52. The van der Waals surface area contributed by atoms with Crippen LogP contribution in [0.4, 0.5) is 0 Å². The first-order valence-electron chi connectivity index (χ1n) is 7.74. The van der Waals surface area contributed by atoms with Crippen molar-refractivity contribution in [2.75, 3.05) is 20.3 Å². The van der Waals surface area contributed by atoms with Crippen molar-refractivity contribution in [1.82, 2.24) is 4.90 Å². The number of nitrogens with zero attached hydrogens (tertiary/aromatic N) is 1. The second kappa shape index (κ2) is 7.46. The van der Waals surface area contributed by atoms with Gasteiger partial charge in [0, 0.05) is 12.6 Å². The molecule has 1 amide bonds. The first-order valence-corrected chi connectivity index (χ1v) is 7.74. The van der Waals surface area contributed by atoms with Crippen molar-refractivity contribution >= 4 is 5.91 Å². The number of carbonyl (C=O) groups is 1. The molecule has 1 N–H and O–H groups in total. The Bertz CT molecular complexity index is 481. The van der Waals surface area contributed by atoms with E-state index in [4.69, 9.17) is 4.74 Å². The van der Waals surface area contributed by atoms with Gasteiger partial charge in [-0.25, -0.2) is 0 Å². The fourth-order valence-electron chi connectivity index (χ4n) is 3.18. The van der Waals surface area contributed by atoms with Crippen molar-refractivity contribution in [1.29, 1.82) is 0 Å². The molecule has 0 saturated heterocycles. The number of aliphatic hydroxyl groups excluding tert-OH is 1. The largest absolute Gasteiger partial charge is 0.496 e. The maximum absolute atomic E-state index is 13.0. The predicted molar refractivity (Wildman–Crippen MR) is 82.7 cm³/mol. The highest BCUT2D eigenvalue weighted by atomic mass is 16.5. The molecule has 1 aromatic rings. The zero-order valence-corrected chi connectivity index (χ0v) is 13.0. The van der Waals surface area contributed by atoms with Crippen molar-refractivity contribution in [3.63, 3.8) is 0 Å². The van der Waals surface area contributed by atoms with Crippen LogP contribution in [-0.2, 0) is 0 Å². The third kappa shape index (κ3) is 3.56. The van der Waals surface area contributed by atoms with Crippen molar-refractivity contribution in [3.05, 3.63) is 29.3 Å². The third-order valence-corrected chi connectivity index (χ3v) is 4.29. The molecule has 1 saturated carbocycles. The number of benzene rings is 1. The molecular weight excluding hydrogens is 266 g/mol. The zero-order chi connectivity index (χ0) is 15.2. The van der Waals surface area contributed by atoms with Crippen molar-refractivity contribution in [2.45, 2.75) is 45.1 Å². The molecule has 0 heterocycles. The van der Waals surface area contributed by atoms with E-state index in [0.717, 1.165) is 31.2 Å². The van der Waals surface area contributed by atoms with Crippen LogP contribution in [0.2, 0.25) is 0 Å². The number of aliphatic hydroxyl groups is 1. The van der Waals surface area contributed by atoms with Crippen LogP contribution in [0.3, 0.4) is 0 Å². The number of hydrogen-bond donors (Lipinski definition) is 1. The van der Waals surface area contributed by atoms with E-state index in [9.17, 15) is 9.90 Å². The van der Waals surface area contributed by atoms with E-state index in [1.807, 2.05) is 30.0 Å². The van der Waals surface area contributed by atoms with E-state index >= 15 is 0 Å². The number of amides is 1. The maximum Gasteiger partial charge on any atom is 0.258 e. The minimum absolute atomic E-state index is 0.00354. The maximum atomic E-state index is 13.0. The molecule has 1 aromatic carbocycles. The summed E-state index contributed by atoms with van der Waals surface area (Å²) in [5.41, 5.74) is 1.54. The Morgan fingerprint density at radius 2 is 2.05 bits per heavy atom. The molecular formula is C17H25NO3. The summed E-state index contributed by atoms with van der Waals surface area (Å²) in [5.74, 6) is 0.588. The van der Waals surface area contributed by atoms with E-state index in [1.54, 1.807) is 7.11 Å². The van der Waals surface area contributed by atoms with Crippen molar-refractivity contribution < 1.29 is 14.6 Å². The van der Waals surface area contributed by atoms with Crippen LogP contribution in [0.25, 0.3) is 0 Å². The predicted octanol–water partition coefficient (Wildman–Crippen LogP) is 2.77. The van der Waals surface area contributed by atoms with Crippen molar-refractivity contribution in [2.24, 2.45) is 0 Å². The van der Waals surface area contributed by atoms with Gasteiger partial charge < -0.3 is 14.7 Å². The molecule has 0 radical (unpaired) electrons. The molecule has 21 heavy (non-hydrogen) atoms. The van der Waals surface area contributed by atoms with Gasteiger partial charge >= 0.3 is 0 Å². The molecule has 4 nitrogen and oxygen atoms in total. The summed E-state index contributed by atoms with van der Waals surface area (Å²) in [6.45, 7) is 2.31. The molecule has 4 heteroatoms. The van der Waals surface area contributed by atoms with Gasteiger partial charge in [-0.2, -0.15) is 0 Å². The van der Waals surface area contributed by atoms with E-state index < -0.39 is 0 Å². The number of ether oxygens (including phenoxy) is 1. The lowest BCUT2D eigenvalue weighted by molar-refractivity contribution is 0.0581. The summed E-state index contributed by atoms with van der Waals surface area (Å²) in [5, 5.41) is 9.33. The third-order valence-electron chi connectivity index (χ3n) is 4.29. The zero-order valence-electron chi connectivity index (χ0n) is 13.0. The molecule has 116 valence electrons. The van der Waals surface area contributed by atoms with Crippen LogP contribution in [0, 0.1) is 6.92 Å². The van der Waals surface area contributed by atoms with Gasteiger partial charge in [-0.15, -0.1) is 0 Å². The summed E-state index contributed by atoms with van der Waals surface area (Å²) < 4.78 is 5.35. The number of hydrogen-bond acceptors (Lipinski definition) is 3. The highest BCUT2D eigenvalue weighted by Crippen LogP contribution is 2.28. The monoisotopic (exact) mass is 291 g/mol. The van der Waals surface area contributed by atoms with Gasteiger partial charge in [0.15, 0.2) is 0 Å². The Hall–Kier alpha value is -1.55. The first kappa shape index (κ1) is 15.8. The number of rotatable bonds is 5. The fraction of sp³-hybridized carbons (Fsp3) is 0.588. The Morgan fingerprint density at radius 1 is 1.33 bits per heavy atom. The highest BCUT2D eigenvalue weighted by Gasteiger charge is 2.28. The summed E-state index contributed by atoms with van der Waals surface area (Å²) in [7, 11) is 1.59. The summed E-state index contributed by atoms with van der Waals surface area (Å²) >= 11 is 0. The van der Waals surface area contributed by atoms with Crippen LogP contribution in [0.5, 0.6) is 5.75 Å². The minimum Gasteiger partial charge on any atom is -0.496 e. The number of carbonyl (C=O) groups excluding carboxylic acids is 1. The van der Waals surface area contributed by atoms with E-state index in [0.29, 0.717) is 17.9 Å². The molecule has 1 aliphatic carbocycles. The molecule has 0 bridgehead atoms. The summed E-state index contributed by atoms with van der Waals surface area (Å²) in [6, 6.07) is 5.87. The normalized spacial score (nSPS) is 15.8. The molecule has 0 spiro atoms. The van der Waals surface area contributed by atoms with Crippen LogP contribution in [0.1, 0.15) is 48.0 Å². The van der Waals surface area contributed by atoms with Gasteiger partial charge in [0.05, 0.1) is 19.3 Å². The second-order valence-corrected chi connectivity index (χ2v) is 5.67. The SMILES string of the molecule is COc1cccc(C)c1C(=O)N(CCO)C1CCCCC1. The summed E-state index contributed by atoms with van der Waals surface area (Å²) in [6.07, 6.45) is 5.61. The van der Waals surface area contributed by atoms with E-state index in [1.165, 1.54) is 6.42 Å². The van der Waals surface area contributed by atoms with E-state index in [2.05, 4.69) is 0 Å². The molecule has 1 aliphatic rings. The second-order valence-electron chi connectivity index (χ2n) is 5.67. The number of methoxy groups -OCH3 is 1. The van der Waals surface area contributed by atoms with Crippen LogP contribution in [0.15, 0.2) is 18.2 Å². The lowest BCUT2D eigenvalue weighted by Crippen LogP contribution is -2.43. The topological polar surface area (TPSA) is 49.8 Å². The minimum atomic E-state index is -0.0223. The van der Waals surface area contributed by atoms with Crippen LogP contribution >= 0.6 is 0 Å². The Labute approximate surface area is 126 Å². The quantitative estimate of drug-likeness (QED) is 0.907. The van der Waals surface area contributed by atoms with Gasteiger partial charge in [-0.1, -0.05) is 31.4 Å². The van der Waals surface area contributed by atoms with Crippen LogP contribution in [-0.4, -0.2) is 42.2 Å². The molecule has 0 aliphatic heterocycles. The van der Waals surface area contributed by atoms with Gasteiger partial charge in [0.1, 0.15) is 5.75 Å². The molecule has 0 aromatic heterocycles. The first-order chi connectivity index (χ1) is 10.2. The smallest absolute Gasteiger partial charge is 0.258 e. The van der Waals surface area contributed by atoms with Crippen LogP contribution < -0.4 is 4.74 Å². The lowest BCUT2D eigenvalue weighted by atomic mass is 9.93. The molecule has 0 unspecified atom stereocenters. The highest BCUT2D eigenvalue weighted by molar-refractivity contribution is 5.98. The Morgan fingerprint density at radius 3 is 2.67 bits per heavy atom. The van der Waals surface area contributed by atoms with Gasteiger partial charge in [0.2, 0.25) is 0 Å². The van der Waals surface area contributed by atoms with Gasteiger partial charge in [-0.3, -0.25) is 4.79 Å². The van der Waals surface area contributed by atoms with Gasteiger partial charge in [-0.05, 0) is 31.4 Å². The molecule has 1 fully saturated rings. The van der Waals surface area contributed by atoms with E-state index in [-0.39, 0.29) is 18.6 Å². The average molecular weight is 291 g/mol. The Kier molecular flexibility index (Phi) is 5.62.